The van der Waals surface area contributed by atoms with Crippen molar-refractivity contribution in [2.24, 2.45) is 0 Å². The number of aliphatic hydroxyl groups is 1. The van der Waals surface area contributed by atoms with Crippen LogP contribution in [0.25, 0.3) is 5.57 Å². The summed E-state index contributed by atoms with van der Waals surface area (Å²) >= 11 is 0. The van der Waals surface area contributed by atoms with Gasteiger partial charge in [0.05, 0.1) is 12.7 Å². The molecule has 1 aliphatic carbocycles. The minimum Gasteiger partial charge on any atom is -0.502 e. The van der Waals surface area contributed by atoms with E-state index in [0.29, 0.717) is 11.3 Å². The van der Waals surface area contributed by atoms with E-state index in [2.05, 4.69) is 0 Å². The van der Waals surface area contributed by atoms with E-state index in [0.717, 1.165) is 32.1 Å². The number of para-hydroxylation sites is 1. The molecule has 0 unspecified atom stereocenters. The number of amides is 2. The van der Waals surface area contributed by atoms with Gasteiger partial charge in [-0.15, -0.1) is 0 Å². The van der Waals surface area contributed by atoms with Gasteiger partial charge in [0, 0.05) is 11.6 Å². The van der Waals surface area contributed by atoms with Gasteiger partial charge < -0.3 is 9.84 Å². The van der Waals surface area contributed by atoms with Crippen LogP contribution in [-0.2, 0) is 9.59 Å². The van der Waals surface area contributed by atoms with Crippen LogP contribution in [0.1, 0.15) is 37.7 Å². The van der Waals surface area contributed by atoms with E-state index in [1.807, 2.05) is 0 Å². The summed E-state index contributed by atoms with van der Waals surface area (Å²) in [7, 11) is 1.50. The number of carbonyl (C=O) groups excluding carboxylic acids is 2. The minimum atomic E-state index is -0.585. The van der Waals surface area contributed by atoms with Gasteiger partial charge in [-0.25, -0.2) is 0 Å². The maximum Gasteiger partial charge on any atom is 0.296 e. The van der Waals surface area contributed by atoms with Gasteiger partial charge >= 0.3 is 0 Å². The molecule has 2 amide bonds. The Morgan fingerprint density at radius 1 is 1.09 bits per heavy atom. The van der Waals surface area contributed by atoms with E-state index in [4.69, 9.17) is 4.74 Å². The van der Waals surface area contributed by atoms with Crippen molar-refractivity contribution in [2.75, 3.05) is 7.11 Å². The Hall–Kier alpha value is -2.30. The van der Waals surface area contributed by atoms with Crippen LogP contribution in [0.3, 0.4) is 0 Å². The summed E-state index contributed by atoms with van der Waals surface area (Å²) in [6, 6.07) is 6.80. The molecule has 0 radical (unpaired) electrons. The molecule has 2 aliphatic rings. The standard InChI is InChI=1S/C17H19NO4/c1-22-13-10-6-5-9-12(13)14-15(19)17(21)18(16(14)20)11-7-3-2-4-8-11/h5-6,9-11,19H,2-4,7-8H2,1H3. The van der Waals surface area contributed by atoms with Gasteiger partial charge in [0.25, 0.3) is 11.8 Å². The molecule has 116 valence electrons. The highest BCUT2D eigenvalue weighted by molar-refractivity contribution is 6.35. The molecular formula is C17H19NO4. The molecule has 5 nitrogen and oxygen atoms in total. The smallest absolute Gasteiger partial charge is 0.296 e. The predicted molar refractivity (Wildman–Crippen MR) is 81.3 cm³/mol. The first-order valence-electron chi connectivity index (χ1n) is 7.59. The quantitative estimate of drug-likeness (QED) is 0.872. The van der Waals surface area contributed by atoms with Crippen LogP contribution in [0.4, 0.5) is 0 Å². The van der Waals surface area contributed by atoms with Crippen LogP contribution >= 0.6 is 0 Å². The van der Waals surface area contributed by atoms with Crippen molar-refractivity contribution in [2.45, 2.75) is 38.1 Å². The summed E-state index contributed by atoms with van der Waals surface area (Å²) in [5, 5.41) is 10.2. The highest BCUT2D eigenvalue weighted by Gasteiger charge is 2.43. The van der Waals surface area contributed by atoms with Crippen LogP contribution < -0.4 is 4.74 Å². The third-order valence-electron chi connectivity index (χ3n) is 4.41. The third-order valence-corrected chi connectivity index (χ3v) is 4.41. The van der Waals surface area contributed by atoms with Crippen molar-refractivity contribution in [3.8, 4) is 5.75 Å². The summed E-state index contributed by atoms with van der Waals surface area (Å²) in [4.78, 5) is 26.3. The van der Waals surface area contributed by atoms with Gasteiger partial charge in [0.15, 0.2) is 5.76 Å². The number of imide groups is 1. The fourth-order valence-corrected chi connectivity index (χ4v) is 3.30. The van der Waals surface area contributed by atoms with Crippen LogP contribution in [0.15, 0.2) is 30.0 Å². The number of benzene rings is 1. The number of rotatable bonds is 3. The van der Waals surface area contributed by atoms with E-state index < -0.39 is 17.6 Å². The molecule has 1 saturated carbocycles. The molecule has 1 heterocycles. The maximum atomic E-state index is 12.7. The minimum absolute atomic E-state index is 0.0491. The lowest BCUT2D eigenvalue weighted by atomic mass is 9.94. The summed E-state index contributed by atoms with van der Waals surface area (Å²) in [5.41, 5.74) is 0.507. The first-order chi connectivity index (χ1) is 10.6. The zero-order chi connectivity index (χ0) is 15.7. The van der Waals surface area contributed by atoms with Gasteiger partial charge in [-0.1, -0.05) is 37.5 Å². The number of ether oxygens (including phenoxy) is 1. The highest BCUT2D eigenvalue weighted by atomic mass is 16.5. The molecular weight excluding hydrogens is 282 g/mol. The van der Waals surface area contributed by atoms with Crippen molar-refractivity contribution in [3.63, 3.8) is 0 Å². The molecule has 1 aromatic carbocycles. The van der Waals surface area contributed by atoms with Gasteiger partial charge in [-0.3, -0.25) is 14.5 Å². The molecule has 1 N–H and O–H groups in total. The molecule has 0 saturated heterocycles. The molecule has 0 spiro atoms. The van der Waals surface area contributed by atoms with Crippen molar-refractivity contribution in [1.82, 2.24) is 4.90 Å². The molecule has 1 fully saturated rings. The molecule has 3 rings (SSSR count). The van der Waals surface area contributed by atoms with Gasteiger partial charge in [-0.05, 0) is 18.9 Å². The molecule has 1 aromatic rings. The Kier molecular flexibility index (Phi) is 3.88. The molecule has 0 aromatic heterocycles. The fraction of sp³-hybridized carbons (Fsp3) is 0.412. The Morgan fingerprint density at radius 3 is 2.45 bits per heavy atom. The Balaban J connectivity index is 1.98. The number of aliphatic hydroxyl groups excluding tert-OH is 1. The fourth-order valence-electron chi connectivity index (χ4n) is 3.30. The molecule has 1 aliphatic heterocycles. The maximum absolute atomic E-state index is 12.7. The molecule has 0 bridgehead atoms. The van der Waals surface area contributed by atoms with E-state index in [9.17, 15) is 14.7 Å². The number of hydrogen-bond donors (Lipinski definition) is 1. The number of hydrogen-bond acceptors (Lipinski definition) is 4. The van der Waals surface area contributed by atoms with Crippen LogP contribution in [-0.4, -0.2) is 35.0 Å². The SMILES string of the molecule is COc1ccccc1C1=C(O)C(=O)N(C2CCCCC2)C1=O. The average molecular weight is 301 g/mol. The van der Waals surface area contributed by atoms with Crippen LogP contribution in [0.5, 0.6) is 5.75 Å². The summed E-state index contributed by atoms with van der Waals surface area (Å²) in [5.74, 6) is -1.01. The number of carbonyl (C=O) groups is 2. The van der Waals surface area contributed by atoms with Crippen molar-refractivity contribution < 1.29 is 19.4 Å². The lowest BCUT2D eigenvalue weighted by Crippen LogP contribution is -2.42. The van der Waals surface area contributed by atoms with Crippen LogP contribution in [0.2, 0.25) is 0 Å². The predicted octanol–water partition coefficient (Wildman–Crippen LogP) is 2.67. The van der Waals surface area contributed by atoms with E-state index in [-0.39, 0.29) is 11.6 Å². The lowest BCUT2D eigenvalue weighted by Gasteiger charge is -2.29. The van der Waals surface area contributed by atoms with Gasteiger partial charge in [0.2, 0.25) is 0 Å². The topological polar surface area (TPSA) is 66.8 Å². The van der Waals surface area contributed by atoms with E-state index in [1.165, 1.54) is 12.0 Å². The molecule has 0 atom stereocenters. The lowest BCUT2D eigenvalue weighted by molar-refractivity contribution is -0.141. The average Bonchev–Trinajstić information content (AvgIpc) is 2.78. The van der Waals surface area contributed by atoms with Crippen molar-refractivity contribution >= 4 is 17.4 Å². The first kappa shape index (κ1) is 14.6. The van der Waals surface area contributed by atoms with Gasteiger partial charge in [-0.2, -0.15) is 0 Å². The summed E-state index contributed by atoms with van der Waals surface area (Å²) in [6.45, 7) is 0. The van der Waals surface area contributed by atoms with Crippen molar-refractivity contribution in [1.29, 1.82) is 0 Å². The number of methoxy groups -OCH3 is 1. The van der Waals surface area contributed by atoms with E-state index >= 15 is 0 Å². The Labute approximate surface area is 129 Å². The normalized spacial score (nSPS) is 20.0. The molecule has 5 heteroatoms. The van der Waals surface area contributed by atoms with E-state index in [1.54, 1.807) is 24.3 Å². The second-order valence-corrected chi connectivity index (χ2v) is 5.70. The largest absolute Gasteiger partial charge is 0.502 e. The second kappa shape index (κ2) is 5.83. The van der Waals surface area contributed by atoms with Crippen molar-refractivity contribution in [3.05, 3.63) is 35.6 Å². The Morgan fingerprint density at radius 2 is 1.77 bits per heavy atom. The third kappa shape index (κ3) is 2.26. The summed E-state index contributed by atoms with van der Waals surface area (Å²) < 4.78 is 5.24. The monoisotopic (exact) mass is 301 g/mol. The second-order valence-electron chi connectivity index (χ2n) is 5.70. The zero-order valence-corrected chi connectivity index (χ0v) is 12.5. The Bertz CT molecular complexity index is 644. The van der Waals surface area contributed by atoms with Gasteiger partial charge in [0.1, 0.15) is 5.75 Å². The molecule has 22 heavy (non-hydrogen) atoms. The number of nitrogens with zero attached hydrogens (tertiary/aromatic N) is 1. The van der Waals surface area contributed by atoms with Crippen LogP contribution in [0, 0.1) is 0 Å². The highest BCUT2D eigenvalue weighted by Crippen LogP contribution is 2.36. The zero-order valence-electron chi connectivity index (χ0n) is 12.5. The summed E-state index contributed by atoms with van der Waals surface area (Å²) in [6.07, 6.45) is 4.76. The first-order valence-corrected chi connectivity index (χ1v) is 7.59.